The fourth-order valence-electron chi connectivity index (χ4n) is 2.26. The monoisotopic (exact) mass is 273 g/mol. The molecule has 6 nitrogen and oxygen atoms in total. The molecule has 1 N–H and O–H groups in total. The van der Waals surface area contributed by atoms with Crippen molar-refractivity contribution >= 4 is 5.91 Å². The second-order valence-corrected chi connectivity index (χ2v) is 4.91. The van der Waals surface area contributed by atoms with Crippen molar-refractivity contribution in [2.45, 2.75) is 13.0 Å². The minimum Gasteiger partial charge on any atom is -0.383 e. The zero-order chi connectivity index (χ0) is 14.1. The van der Waals surface area contributed by atoms with Crippen LogP contribution in [0.2, 0.25) is 0 Å². The highest BCUT2D eigenvalue weighted by Crippen LogP contribution is 2.03. The van der Waals surface area contributed by atoms with Crippen LogP contribution in [0.5, 0.6) is 0 Å². The Kier molecular flexibility index (Phi) is 7.97. The van der Waals surface area contributed by atoms with Gasteiger partial charge in [0, 0.05) is 46.9 Å². The lowest BCUT2D eigenvalue weighted by Crippen LogP contribution is -2.51. The van der Waals surface area contributed by atoms with Crippen LogP contribution in [0.15, 0.2) is 0 Å². The summed E-state index contributed by atoms with van der Waals surface area (Å²) in [4.78, 5) is 16.4. The molecule has 112 valence electrons. The van der Waals surface area contributed by atoms with Gasteiger partial charge in [-0.2, -0.15) is 0 Å². The van der Waals surface area contributed by atoms with E-state index in [0.717, 1.165) is 26.2 Å². The third kappa shape index (κ3) is 5.86. The van der Waals surface area contributed by atoms with Crippen molar-refractivity contribution in [1.82, 2.24) is 15.1 Å². The average molecular weight is 273 g/mol. The molecule has 0 aromatic carbocycles. The van der Waals surface area contributed by atoms with Gasteiger partial charge in [-0.3, -0.25) is 9.69 Å². The van der Waals surface area contributed by atoms with E-state index in [9.17, 15) is 4.79 Å². The van der Waals surface area contributed by atoms with Gasteiger partial charge < -0.3 is 19.7 Å². The lowest BCUT2D eigenvalue weighted by molar-refractivity contribution is -0.136. The van der Waals surface area contributed by atoms with Gasteiger partial charge >= 0.3 is 0 Å². The Labute approximate surface area is 116 Å². The fraction of sp³-hybridized carbons (Fsp3) is 0.923. The Morgan fingerprint density at radius 3 is 2.58 bits per heavy atom. The van der Waals surface area contributed by atoms with Crippen LogP contribution in [0, 0.1) is 0 Å². The van der Waals surface area contributed by atoms with Crippen molar-refractivity contribution in [2.24, 2.45) is 0 Å². The van der Waals surface area contributed by atoms with Crippen molar-refractivity contribution in [3.8, 4) is 0 Å². The van der Waals surface area contributed by atoms with Crippen LogP contribution in [0.25, 0.3) is 0 Å². The lowest BCUT2D eigenvalue weighted by atomic mass is 10.2. The maximum atomic E-state index is 12.4. The second kappa shape index (κ2) is 9.25. The molecule has 0 aromatic rings. The summed E-state index contributed by atoms with van der Waals surface area (Å²) in [7, 11) is 3.31. The molecule has 19 heavy (non-hydrogen) atoms. The second-order valence-electron chi connectivity index (χ2n) is 4.91. The van der Waals surface area contributed by atoms with E-state index in [1.807, 2.05) is 11.8 Å². The Balaban J connectivity index is 2.48. The summed E-state index contributed by atoms with van der Waals surface area (Å²) in [6, 6.07) is 0.0792. The minimum absolute atomic E-state index is 0.0792. The van der Waals surface area contributed by atoms with Crippen LogP contribution in [0.4, 0.5) is 0 Å². The molecule has 1 saturated heterocycles. The van der Waals surface area contributed by atoms with E-state index in [0.29, 0.717) is 26.3 Å². The maximum absolute atomic E-state index is 12.4. The van der Waals surface area contributed by atoms with Gasteiger partial charge in [-0.1, -0.05) is 0 Å². The van der Waals surface area contributed by atoms with Gasteiger partial charge in [-0.05, 0) is 6.92 Å². The first kappa shape index (κ1) is 16.4. The zero-order valence-corrected chi connectivity index (χ0v) is 12.4. The molecular formula is C13H27N3O3. The zero-order valence-electron chi connectivity index (χ0n) is 12.4. The first-order valence-electron chi connectivity index (χ1n) is 6.89. The van der Waals surface area contributed by atoms with E-state index in [4.69, 9.17) is 9.47 Å². The van der Waals surface area contributed by atoms with Gasteiger partial charge in [-0.15, -0.1) is 0 Å². The number of amides is 1. The summed E-state index contributed by atoms with van der Waals surface area (Å²) in [5.41, 5.74) is 0. The predicted molar refractivity (Wildman–Crippen MR) is 74.2 cm³/mol. The van der Waals surface area contributed by atoms with Crippen LogP contribution < -0.4 is 5.32 Å². The molecule has 6 heteroatoms. The third-order valence-electron chi connectivity index (χ3n) is 3.37. The number of rotatable bonds is 8. The van der Waals surface area contributed by atoms with E-state index in [2.05, 4.69) is 10.2 Å². The van der Waals surface area contributed by atoms with Crippen molar-refractivity contribution in [3.63, 3.8) is 0 Å². The molecule has 0 aromatic heterocycles. The van der Waals surface area contributed by atoms with Crippen LogP contribution >= 0.6 is 0 Å². The maximum Gasteiger partial charge on any atom is 0.237 e. The van der Waals surface area contributed by atoms with E-state index < -0.39 is 0 Å². The minimum atomic E-state index is 0.0792. The molecule has 1 unspecified atom stereocenters. The molecule has 1 heterocycles. The summed E-state index contributed by atoms with van der Waals surface area (Å²) < 4.78 is 10.2. The van der Waals surface area contributed by atoms with Gasteiger partial charge in [0.15, 0.2) is 0 Å². The Morgan fingerprint density at radius 1 is 1.32 bits per heavy atom. The van der Waals surface area contributed by atoms with Crippen LogP contribution in [0.1, 0.15) is 6.92 Å². The van der Waals surface area contributed by atoms with Gasteiger partial charge in [0.2, 0.25) is 5.91 Å². The Hall–Kier alpha value is -0.690. The molecule has 1 atom stereocenters. The number of ether oxygens (including phenoxy) is 2. The highest BCUT2D eigenvalue weighted by atomic mass is 16.5. The highest BCUT2D eigenvalue weighted by molar-refractivity contribution is 5.78. The molecule has 1 aliphatic heterocycles. The number of carbonyl (C=O) groups is 1. The number of hydrogen-bond acceptors (Lipinski definition) is 5. The summed E-state index contributed by atoms with van der Waals surface area (Å²) >= 11 is 0. The molecule has 0 saturated carbocycles. The van der Waals surface area contributed by atoms with E-state index in [1.165, 1.54) is 0 Å². The van der Waals surface area contributed by atoms with Gasteiger partial charge in [0.05, 0.1) is 25.8 Å². The van der Waals surface area contributed by atoms with Crippen molar-refractivity contribution in [3.05, 3.63) is 0 Å². The van der Waals surface area contributed by atoms with E-state index >= 15 is 0 Å². The quantitative estimate of drug-likeness (QED) is 0.640. The molecule has 0 bridgehead atoms. The first-order valence-corrected chi connectivity index (χ1v) is 6.89. The molecule has 0 spiro atoms. The fourth-order valence-corrected chi connectivity index (χ4v) is 2.26. The van der Waals surface area contributed by atoms with E-state index in [1.54, 1.807) is 14.2 Å². The normalized spacial score (nSPS) is 18.3. The van der Waals surface area contributed by atoms with Gasteiger partial charge in [-0.25, -0.2) is 0 Å². The lowest BCUT2D eigenvalue weighted by Gasteiger charge is -2.33. The standard InChI is InChI=1S/C13H27N3O3/c1-12(11-19-3)16(8-9-18-2)13(17)10-15-6-4-14-5-7-15/h12,14H,4-11H2,1-3H3. The van der Waals surface area contributed by atoms with Crippen molar-refractivity contribution < 1.29 is 14.3 Å². The van der Waals surface area contributed by atoms with Crippen molar-refractivity contribution in [2.75, 3.05) is 66.7 Å². The Morgan fingerprint density at radius 2 is 2.00 bits per heavy atom. The molecular weight excluding hydrogens is 246 g/mol. The average Bonchev–Trinajstić information content (AvgIpc) is 2.40. The first-order chi connectivity index (χ1) is 9.19. The van der Waals surface area contributed by atoms with Crippen molar-refractivity contribution in [1.29, 1.82) is 0 Å². The van der Waals surface area contributed by atoms with E-state index in [-0.39, 0.29) is 11.9 Å². The highest BCUT2D eigenvalue weighted by Gasteiger charge is 2.22. The number of nitrogens with one attached hydrogen (secondary N) is 1. The van der Waals surface area contributed by atoms with Gasteiger partial charge in [0.1, 0.15) is 0 Å². The molecule has 1 amide bonds. The Bertz CT molecular complexity index is 258. The van der Waals surface area contributed by atoms with Gasteiger partial charge in [0.25, 0.3) is 0 Å². The molecule has 0 aliphatic carbocycles. The summed E-state index contributed by atoms with van der Waals surface area (Å²) in [5.74, 6) is 0.156. The molecule has 0 radical (unpaired) electrons. The van der Waals surface area contributed by atoms with Crippen LogP contribution in [-0.4, -0.2) is 88.5 Å². The number of carbonyl (C=O) groups excluding carboxylic acids is 1. The number of hydrogen-bond donors (Lipinski definition) is 1. The number of methoxy groups -OCH3 is 2. The largest absolute Gasteiger partial charge is 0.383 e. The smallest absolute Gasteiger partial charge is 0.237 e. The SMILES string of the molecule is COCCN(C(=O)CN1CCNCC1)C(C)COC. The third-order valence-corrected chi connectivity index (χ3v) is 3.37. The molecule has 1 fully saturated rings. The molecule has 1 rings (SSSR count). The summed E-state index contributed by atoms with van der Waals surface area (Å²) in [6.07, 6.45) is 0. The topological polar surface area (TPSA) is 54.0 Å². The number of nitrogens with zero attached hydrogens (tertiary/aromatic N) is 2. The summed E-state index contributed by atoms with van der Waals surface area (Å²) in [5, 5.41) is 3.29. The predicted octanol–water partition coefficient (Wildman–Crippen LogP) is -0.598. The summed E-state index contributed by atoms with van der Waals surface area (Å²) in [6.45, 7) is 8.00. The van der Waals surface area contributed by atoms with Crippen LogP contribution in [-0.2, 0) is 14.3 Å². The van der Waals surface area contributed by atoms with Crippen LogP contribution in [0.3, 0.4) is 0 Å². The number of piperazine rings is 1. The molecule has 1 aliphatic rings.